The van der Waals surface area contributed by atoms with Crippen LogP contribution in [0.1, 0.15) is 17.5 Å². The topological polar surface area (TPSA) is 44.5 Å². The predicted octanol–water partition coefficient (Wildman–Crippen LogP) is 4.86. The number of rotatable bonds is 8. The second-order valence-corrected chi connectivity index (χ2v) is 5.92. The summed E-state index contributed by atoms with van der Waals surface area (Å²) in [5.74, 6) is 1.42. The summed E-state index contributed by atoms with van der Waals surface area (Å²) >= 11 is 0. The fraction of sp³-hybridized carbons (Fsp3) is 0.182. The van der Waals surface area contributed by atoms with E-state index in [0.717, 1.165) is 24.2 Å². The number of nitrogen functional groups attached to an aromatic ring is 1. The van der Waals surface area contributed by atoms with Crippen LogP contribution in [0.5, 0.6) is 11.5 Å². The molecule has 0 saturated heterocycles. The van der Waals surface area contributed by atoms with Crippen molar-refractivity contribution in [2.45, 2.75) is 19.4 Å². The maximum absolute atomic E-state index is 5.92. The Hall–Kier alpha value is -2.94. The first kappa shape index (κ1) is 16.9. The minimum Gasteiger partial charge on any atom is -0.490 e. The zero-order valence-corrected chi connectivity index (χ0v) is 14.2. The van der Waals surface area contributed by atoms with Gasteiger partial charge in [0.25, 0.3) is 0 Å². The van der Waals surface area contributed by atoms with E-state index in [9.17, 15) is 0 Å². The Morgan fingerprint density at radius 2 is 1.36 bits per heavy atom. The van der Waals surface area contributed by atoms with Gasteiger partial charge in [-0.25, -0.2) is 0 Å². The zero-order chi connectivity index (χ0) is 17.3. The van der Waals surface area contributed by atoms with Crippen LogP contribution in [0.25, 0.3) is 0 Å². The van der Waals surface area contributed by atoms with Crippen LogP contribution in [0.15, 0.2) is 78.9 Å². The Kier molecular flexibility index (Phi) is 5.94. The number of benzene rings is 3. The van der Waals surface area contributed by atoms with Gasteiger partial charge in [-0.3, -0.25) is 0 Å². The molecule has 3 nitrogen and oxygen atoms in total. The third-order valence-corrected chi connectivity index (χ3v) is 3.92. The highest BCUT2D eigenvalue weighted by molar-refractivity contribution is 5.52. The van der Waals surface area contributed by atoms with E-state index in [-0.39, 0.29) is 0 Å². The highest BCUT2D eigenvalue weighted by atomic mass is 16.5. The molecule has 3 heteroatoms. The molecule has 0 saturated carbocycles. The lowest BCUT2D eigenvalue weighted by molar-refractivity contribution is 0.259. The number of hydrogen-bond acceptors (Lipinski definition) is 3. The molecule has 0 aliphatic heterocycles. The van der Waals surface area contributed by atoms with E-state index in [1.165, 1.54) is 5.56 Å². The van der Waals surface area contributed by atoms with Crippen molar-refractivity contribution >= 4 is 5.69 Å². The van der Waals surface area contributed by atoms with E-state index < -0.39 is 0 Å². The Bertz CT molecular complexity index is 773. The highest BCUT2D eigenvalue weighted by Crippen LogP contribution is 2.30. The largest absolute Gasteiger partial charge is 0.490 e. The van der Waals surface area contributed by atoms with Crippen molar-refractivity contribution in [1.29, 1.82) is 0 Å². The van der Waals surface area contributed by atoms with Crippen molar-refractivity contribution < 1.29 is 9.47 Å². The summed E-state index contributed by atoms with van der Waals surface area (Å²) in [6.07, 6.45) is 1.95. The van der Waals surface area contributed by atoms with E-state index in [0.29, 0.717) is 24.7 Å². The molecule has 0 amide bonds. The van der Waals surface area contributed by atoms with Crippen molar-refractivity contribution in [3.05, 3.63) is 90.0 Å². The molecule has 3 rings (SSSR count). The molecule has 0 spiro atoms. The molecule has 0 aromatic heterocycles. The lowest BCUT2D eigenvalue weighted by Crippen LogP contribution is -2.03. The van der Waals surface area contributed by atoms with Crippen molar-refractivity contribution in [1.82, 2.24) is 0 Å². The van der Waals surface area contributed by atoms with Crippen LogP contribution in [0.2, 0.25) is 0 Å². The smallest absolute Gasteiger partial charge is 0.163 e. The normalized spacial score (nSPS) is 10.4. The molecule has 0 radical (unpaired) electrons. The second-order valence-electron chi connectivity index (χ2n) is 5.92. The van der Waals surface area contributed by atoms with Gasteiger partial charge < -0.3 is 15.2 Å². The molecule has 0 fully saturated rings. The van der Waals surface area contributed by atoms with Gasteiger partial charge in [-0.05, 0) is 36.1 Å². The summed E-state index contributed by atoms with van der Waals surface area (Å²) in [6.45, 7) is 1.13. The standard InChI is InChI=1S/C22H23NO2/c23-20-13-14-21(24-15-7-12-18-8-3-1-4-9-18)22(16-20)25-17-19-10-5-2-6-11-19/h1-6,8-11,13-14,16H,7,12,15,17,23H2. The molecule has 25 heavy (non-hydrogen) atoms. The van der Waals surface area contributed by atoms with Gasteiger partial charge in [-0.15, -0.1) is 0 Å². The van der Waals surface area contributed by atoms with Gasteiger partial charge >= 0.3 is 0 Å². The van der Waals surface area contributed by atoms with E-state index in [1.54, 1.807) is 0 Å². The Balaban J connectivity index is 1.55. The van der Waals surface area contributed by atoms with Crippen LogP contribution in [0.4, 0.5) is 5.69 Å². The SMILES string of the molecule is Nc1ccc(OCCCc2ccccc2)c(OCc2ccccc2)c1. The summed E-state index contributed by atoms with van der Waals surface area (Å²) in [4.78, 5) is 0. The van der Waals surface area contributed by atoms with Crippen LogP contribution in [0, 0.1) is 0 Å². The minimum atomic E-state index is 0.491. The van der Waals surface area contributed by atoms with Crippen LogP contribution in [0.3, 0.4) is 0 Å². The number of nitrogens with two attached hydrogens (primary N) is 1. The maximum atomic E-state index is 5.92. The molecule has 0 aliphatic carbocycles. The van der Waals surface area contributed by atoms with Gasteiger partial charge in [0.15, 0.2) is 11.5 Å². The average molecular weight is 333 g/mol. The fourth-order valence-corrected chi connectivity index (χ4v) is 2.60. The van der Waals surface area contributed by atoms with E-state index >= 15 is 0 Å². The maximum Gasteiger partial charge on any atom is 0.163 e. The minimum absolute atomic E-state index is 0.491. The Morgan fingerprint density at radius 3 is 2.08 bits per heavy atom. The summed E-state index contributed by atoms with van der Waals surface area (Å²) in [5.41, 5.74) is 8.99. The second kappa shape index (κ2) is 8.78. The number of hydrogen-bond donors (Lipinski definition) is 1. The van der Waals surface area contributed by atoms with Crippen molar-refractivity contribution in [3.63, 3.8) is 0 Å². The molecule has 0 atom stereocenters. The van der Waals surface area contributed by atoms with E-state index in [1.807, 2.05) is 54.6 Å². The van der Waals surface area contributed by atoms with Crippen molar-refractivity contribution in [3.8, 4) is 11.5 Å². The molecular formula is C22H23NO2. The molecule has 128 valence electrons. The Labute approximate surface area is 149 Å². The molecule has 0 bridgehead atoms. The van der Waals surface area contributed by atoms with E-state index in [2.05, 4.69) is 24.3 Å². The first-order valence-electron chi connectivity index (χ1n) is 8.54. The Morgan fingerprint density at radius 1 is 0.680 bits per heavy atom. The third-order valence-electron chi connectivity index (χ3n) is 3.92. The van der Waals surface area contributed by atoms with Gasteiger partial charge in [0.2, 0.25) is 0 Å². The average Bonchev–Trinajstić information content (AvgIpc) is 2.66. The fourth-order valence-electron chi connectivity index (χ4n) is 2.60. The zero-order valence-electron chi connectivity index (χ0n) is 14.2. The molecule has 0 unspecified atom stereocenters. The van der Waals surface area contributed by atoms with Crippen LogP contribution >= 0.6 is 0 Å². The predicted molar refractivity (Wildman–Crippen MR) is 102 cm³/mol. The summed E-state index contributed by atoms with van der Waals surface area (Å²) in [6, 6.07) is 26.0. The quantitative estimate of drug-likeness (QED) is 0.473. The lowest BCUT2D eigenvalue weighted by Gasteiger charge is -2.13. The third kappa shape index (κ3) is 5.28. The number of anilines is 1. The van der Waals surface area contributed by atoms with Crippen LogP contribution in [-0.4, -0.2) is 6.61 Å². The van der Waals surface area contributed by atoms with Gasteiger partial charge in [0.1, 0.15) is 6.61 Å². The molecule has 0 aliphatic rings. The summed E-state index contributed by atoms with van der Waals surface area (Å²) < 4.78 is 11.8. The van der Waals surface area contributed by atoms with Gasteiger partial charge in [-0.1, -0.05) is 60.7 Å². The molecule has 3 aromatic rings. The first-order valence-corrected chi connectivity index (χ1v) is 8.54. The molecular weight excluding hydrogens is 310 g/mol. The van der Waals surface area contributed by atoms with Crippen LogP contribution < -0.4 is 15.2 Å². The van der Waals surface area contributed by atoms with Crippen molar-refractivity contribution in [2.24, 2.45) is 0 Å². The van der Waals surface area contributed by atoms with Gasteiger partial charge in [0.05, 0.1) is 6.61 Å². The van der Waals surface area contributed by atoms with Gasteiger partial charge in [0, 0.05) is 11.8 Å². The van der Waals surface area contributed by atoms with Crippen LogP contribution in [-0.2, 0) is 13.0 Å². The summed E-state index contributed by atoms with van der Waals surface area (Å²) in [7, 11) is 0. The molecule has 0 heterocycles. The van der Waals surface area contributed by atoms with Gasteiger partial charge in [-0.2, -0.15) is 0 Å². The highest BCUT2D eigenvalue weighted by Gasteiger charge is 2.06. The number of ether oxygens (including phenoxy) is 2. The van der Waals surface area contributed by atoms with Crippen molar-refractivity contribution in [2.75, 3.05) is 12.3 Å². The van der Waals surface area contributed by atoms with E-state index in [4.69, 9.17) is 15.2 Å². The summed E-state index contributed by atoms with van der Waals surface area (Å²) in [5, 5.41) is 0. The molecule has 3 aromatic carbocycles. The lowest BCUT2D eigenvalue weighted by atomic mass is 10.1. The molecule has 2 N–H and O–H groups in total. The monoisotopic (exact) mass is 333 g/mol. The number of aryl methyl sites for hydroxylation is 1. The first-order chi connectivity index (χ1) is 12.3.